The Hall–Kier alpha value is -2.10. The Labute approximate surface area is 119 Å². The molecule has 0 spiro atoms. The summed E-state index contributed by atoms with van der Waals surface area (Å²) >= 11 is 0. The Morgan fingerprint density at radius 2 is 1.95 bits per heavy atom. The number of likely N-dealkylation sites (tertiary alicyclic amines) is 1. The molecule has 106 valence electrons. The first kappa shape index (κ1) is 14.3. The lowest BCUT2D eigenvalue weighted by molar-refractivity contribution is -0.133. The van der Waals surface area contributed by atoms with E-state index in [0.717, 1.165) is 18.4 Å². The second-order valence-corrected chi connectivity index (χ2v) is 5.26. The van der Waals surface area contributed by atoms with Crippen LogP contribution in [0.3, 0.4) is 0 Å². The fourth-order valence-corrected chi connectivity index (χ4v) is 2.47. The summed E-state index contributed by atoms with van der Waals surface area (Å²) in [6.45, 7) is 2.43. The summed E-state index contributed by atoms with van der Waals surface area (Å²) in [6.07, 6.45) is 4.94. The van der Waals surface area contributed by atoms with Crippen molar-refractivity contribution in [3.8, 4) is 0 Å². The lowest BCUT2D eigenvalue weighted by Crippen LogP contribution is -2.48. The van der Waals surface area contributed by atoms with Gasteiger partial charge in [0.25, 0.3) is 0 Å². The molecule has 1 heterocycles. The van der Waals surface area contributed by atoms with Crippen LogP contribution in [0.25, 0.3) is 6.08 Å². The third-order valence-electron chi connectivity index (χ3n) is 3.79. The predicted octanol–water partition coefficient (Wildman–Crippen LogP) is 1.81. The second kappa shape index (κ2) is 6.37. The van der Waals surface area contributed by atoms with E-state index in [1.165, 1.54) is 0 Å². The van der Waals surface area contributed by atoms with Gasteiger partial charge < -0.3 is 10.6 Å². The van der Waals surface area contributed by atoms with Crippen LogP contribution in [0.2, 0.25) is 0 Å². The predicted molar refractivity (Wildman–Crippen MR) is 78.6 cm³/mol. The molecule has 0 saturated carbocycles. The van der Waals surface area contributed by atoms with Gasteiger partial charge >= 0.3 is 0 Å². The van der Waals surface area contributed by atoms with Crippen molar-refractivity contribution < 1.29 is 9.59 Å². The maximum Gasteiger partial charge on any atom is 0.246 e. The highest BCUT2D eigenvalue weighted by molar-refractivity contribution is 5.92. The van der Waals surface area contributed by atoms with E-state index >= 15 is 0 Å². The van der Waals surface area contributed by atoms with E-state index < -0.39 is 0 Å². The van der Waals surface area contributed by atoms with E-state index in [2.05, 4.69) is 0 Å². The van der Waals surface area contributed by atoms with E-state index in [0.29, 0.717) is 6.54 Å². The lowest BCUT2D eigenvalue weighted by Gasteiger charge is -2.36. The first-order valence-electron chi connectivity index (χ1n) is 6.91. The van der Waals surface area contributed by atoms with Gasteiger partial charge in [-0.15, -0.1) is 0 Å². The number of piperidine rings is 1. The minimum atomic E-state index is -0.318. The summed E-state index contributed by atoms with van der Waals surface area (Å²) in [5, 5.41) is 0. The van der Waals surface area contributed by atoms with Gasteiger partial charge in [-0.3, -0.25) is 9.59 Å². The highest BCUT2D eigenvalue weighted by Crippen LogP contribution is 2.22. The molecule has 0 aromatic heterocycles. The molecule has 0 aliphatic carbocycles. The van der Waals surface area contributed by atoms with Gasteiger partial charge in [0.05, 0.1) is 5.92 Å². The van der Waals surface area contributed by atoms with Crippen molar-refractivity contribution in [3.63, 3.8) is 0 Å². The molecule has 1 aliphatic rings. The van der Waals surface area contributed by atoms with Gasteiger partial charge in [-0.05, 0) is 31.4 Å². The molecule has 0 bridgehead atoms. The average Bonchev–Trinajstić information content (AvgIpc) is 2.46. The van der Waals surface area contributed by atoms with Crippen LogP contribution in [0.15, 0.2) is 36.4 Å². The highest BCUT2D eigenvalue weighted by Gasteiger charge is 2.30. The molecule has 2 N–H and O–H groups in total. The Balaban J connectivity index is 2.03. The van der Waals surface area contributed by atoms with Crippen molar-refractivity contribution in [1.29, 1.82) is 0 Å². The molecule has 1 aromatic rings. The zero-order valence-corrected chi connectivity index (χ0v) is 11.7. The van der Waals surface area contributed by atoms with Gasteiger partial charge in [0.15, 0.2) is 0 Å². The van der Waals surface area contributed by atoms with Gasteiger partial charge in [0.1, 0.15) is 0 Å². The van der Waals surface area contributed by atoms with Crippen LogP contribution in [0.5, 0.6) is 0 Å². The minimum Gasteiger partial charge on any atom is -0.369 e. The lowest BCUT2D eigenvalue weighted by atomic mass is 9.93. The summed E-state index contributed by atoms with van der Waals surface area (Å²) in [7, 11) is 0. The quantitative estimate of drug-likeness (QED) is 0.853. The number of benzene rings is 1. The number of nitrogens with zero attached hydrogens (tertiary/aromatic N) is 1. The third kappa shape index (κ3) is 3.47. The number of carbonyl (C=O) groups is 2. The van der Waals surface area contributed by atoms with Crippen molar-refractivity contribution >= 4 is 17.9 Å². The fourth-order valence-electron chi connectivity index (χ4n) is 2.47. The number of primary amides is 1. The summed E-state index contributed by atoms with van der Waals surface area (Å²) < 4.78 is 0. The smallest absolute Gasteiger partial charge is 0.246 e. The number of nitrogens with two attached hydrogens (primary N) is 1. The second-order valence-electron chi connectivity index (χ2n) is 5.26. The van der Waals surface area contributed by atoms with E-state index in [4.69, 9.17) is 5.73 Å². The fraction of sp³-hybridized carbons (Fsp3) is 0.375. The van der Waals surface area contributed by atoms with Crippen molar-refractivity contribution in [2.45, 2.75) is 25.8 Å². The third-order valence-corrected chi connectivity index (χ3v) is 3.79. The standard InChI is InChI=1S/C16H20N2O2/c1-12-7-9-14(16(17)20)11-18(12)15(19)10-8-13-5-3-2-4-6-13/h2-6,8,10,12,14H,7,9,11H2,1H3,(H2,17,20)/b10-8-/t12-,14+/m1/s1. The number of hydrogen-bond acceptors (Lipinski definition) is 2. The van der Waals surface area contributed by atoms with Crippen LogP contribution < -0.4 is 5.73 Å². The normalized spacial score (nSPS) is 22.9. The molecule has 20 heavy (non-hydrogen) atoms. The van der Waals surface area contributed by atoms with Gasteiger partial charge in [-0.2, -0.15) is 0 Å². The molecule has 4 heteroatoms. The number of rotatable bonds is 3. The van der Waals surface area contributed by atoms with E-state index in [1.54, 1.807) is 17.1 Å². The van der Waals surface area contributed by atoms with Gasteiger partial charge in [0.2, 0.25) is 11.8 Å². The molecular formula is C16H20N2O2. The van der Waals surface area contributed by atoms with Crippen LogP contribution >= 0.6 is 0 Å². The van der Waals surface area contributed by atoms with Crippen LogP contribution in [0, 0.1) is 5.92 Å². The molecule has 2 rings (SSSR count). The summed E-state index contributed by atoms with van der Waals surface area (Å²) in [5.41, 5.74) is 6.33. The Bertz CT molecular complexity index is 510. The Kier molecular flexibility index (Phi) is 4.56. The molecule has 1 fully saturated rings. The number of hydrogen-bond donors (Lipinski definition) is 1. The topological polar surface area (TPSA) is 63.4 Å². The van der Waals surface area contributed by atoms with Crippen molar-refractivity contribution in [2.75, 3.05) is 6.54 Å². The van der Waals surface area contributed by atoms with E-state index in [9.17, 15) is 9.59 Å². The summed E-state index contributed by atoms with van der Waals surface area (Å²) in [5.74, 6) is -0.602. The molecule has 2 amide bonds. The minimum absolute atomic E-state index is 0.0627. The SMILES string of the molecule is C[C@@H]1CC[C@H](C(N)=O)CN1C(=O)/C=C\c1ccccc1. The molecular weight excluding hydrogens is 252 g/mol. The van der Waals surface area contributed by atoms with Crippen LogP contribution in [-0.4, -0.2) is 29.3 Å². The zero-order valence-electron chi connectivity index (χ0n) is 11.7. The van der Waals surface area contributed by atoms with Crippen molar-refractivity contribution in [1.82, 2.24) is 4.90 Å². The average molecular weight is 272 g/mol. The first-order chi connectivity index (χ1) is 9.58. The molecule has 0 radical (unpaired) electrons. The van der Waals surface area contributed by atoms with Crippen LogP contribution in [-0.2, 0) is 9.59 Å². The molecule has 0 unspecified atom stereocenters. The monoisotopic (exact) mass is 272 g/mol. The maximum atomic E-state index is 12.2. The summed E-state index contributed by atoms with van der Waals surface area (Å²) in [6, 6.07) is 9.82. The van der Waals surface area contributed by atoms with Crippen LogP contribution in [0.1, 0.15) is 25.3 Å². The Morgan fingerprint density at radius 3 is 2.60 bits per heavy atom. The zero-order chi connectivity index (χ0) is 14.5. The highest BCUT2D eigenvalue weighted by atomic mass is 16.2. The van der Waals surface area contributed by atoms with E-state index in [1.807, 2.05) is 37.3 Å². The number of carbonyl (C=O) groups excluding carboxylic acids is 2. The van der Waals surface area contributed by atoms with Gasteiger partial charge in [-0.25, -0.2) is 0 Å². The Morgan fingerprint density at radius 1 is 1.25 bits per heavy atom. The summed E-state index contributed by atoms with van der Waals surface area (Å²) in [4.78, 5) is 25.2. The first-order valence-corrected chi connectivity index (χ1v) is 6.91. The van der Waals surface area contributed by atoms with Crippen molar-refractivity contribution in [3.05, 3.63) is 42.0 Å². The molecule has 4 nitrogen and oxygen atoms in total. The van der Waals surface area contributed by atoms with E-state index in [-0.39, 0.29) is 23.8 Å². The van der Waals surface area contributed by atoms with Gasteiger partial charge in [0, 0.05) is 18.7 Å². The largest absolute Gasteiger partial charge is 0.369 e. The van der Waals surface area contributed by atoms with Crippen LogP contribution in [0.4, 0.5) is 0 Å². The molecule has 1 aliphatic heterocycles. The maximum absolute atomic E-state index is 12.2. The molecule has 2 atom stereocenters. The number of amides is 2. The van der Waals surface area contributed by atoms with Crippen molar-refractivity contribution in [2.24, 2.45) is 11.7 Å². The molecule has 1 saturated heterocycles. The molecule has 1 aromatic carbocycles. The van der Waals surface area contributed by atoms with Gasteiger partial charge in [-0.1, -0.05) is 30.3 Å².